The molecule has 0 fully saturated rings. The number of esters is 1. The second kappa shape index (κ2) is 6.42. The van der Waals surface area contributed by atoms with Crippen LogP contribution < -0.4 is 4.74 Å². The minimum absolute atomic E-state index is 0.113. The predicted octanol–water partition coefficient (Wildman–Crippen LogP) is 3.58. The van der Waals surface area contributed by atoms with Gasteiger partial charge in [0, 0.05) is 11.5 Å². The van der Waals surface area contributed by atoms with Crippen LogP contribution >= 0.6 is 0 Å². The van der Waals surface area contributed by atoms with Crippen LogP contribution in [0.25, 0.3) is 0 Å². The molecule has 1 aliphatic rings. The number of para-hydroxylation sites is 1. The maximum atomic E-state index is 13.3. The van der Waals surface area contributed by atoms with Gasteiger partial charge in [0.05, 0.1) is 4.90 Å². The maximum absolute atomic E-state index is 13.3. The Bertz CT molecular complexity index is 1040. The van der Waals surface area contributed by atoms with Crippen molar-refractivity contribution in [3.8, 4) is 5.75 Å². The Hall–Kier alpha value is -2.92. The lowest BCUT2D eigenvalue weighted by molar-refractivity contribution is -0.135. The minimum atomic E-state index is -3.93. The molecule has 1 aliphatic heterocycles. The topological polar surface area (TPSA) is 60.4 Å². The van der Waals surface area contributed by atoms with Crippen molar-refractivity contribution in [2.45, 2.75) is 16.1 Å². The number of carbonyl (C=O) groups excluding carboxylic acids is 1. The Kier molecular flexibility index (Phi) is 4.09. The zero-order valence-electron chi connectivity index (χ0n) is 13.8. The largest absolute Gasteiger partial charge is 0.425 e. The van der Waals surface area contributed by atoms with Crippen molar-refractivity contribution in [3.05, 3.63) is 96.1 Å². The molecule has 3 aromatic rings. The molecule has 2 atom stereocenters. The Morgan fingerprint density at radius 2 is 1.31 bits per heavy atom. The summed E-state index contributed by atoms with van der Waals surface area (Å²) in [6.07, 6.45) is 0. The van der Waals surface area contributed by atoms with Gasteiger partial charge in [0.1, 0.15) is 5.75 Å². The van der Waals surface area contributed by atoms with Crippen molar-refractivity contribution in [2.75, 3.05) is 0 Å². The van der Waals surface area contributed by atoms with Gasteiger partial charge < -0.3 is 4.74 Å². The molecule has 4 rings (SSSR count). The second-order valence-corrected chi connectivity index (χ2v) is 8.20. The van der Waals surface area contributed by atoms with E-state index < -0.39 is 27.0 Å². The van der Waals surface area contributed by atoms with Crippen molar-refractivity contribution >= 4 is 15.8 Å². The van der Waals surface area contributed by atoms with Gasteiger partial charge in [0.2, 0.25) is 0 Å². The van der Waals surface area contributed by atoms with Gasteiger partial charge in [0.15, 0.2) is 15.1 Å². The van der Waals surface area contributed by atoms with Gasteiger partial charge >= 0.3 is 5.97 Å². The molecule has 2 unspecified atom stereocenters. The van der Waals surface area contributed by atoms with Crippen LogP contribution in [0.2, 0.25) is 0 Å². The van der Waals surface area contributed by atoms with Crippen LogP contribution in [0.4, 0.5) is 0 Å². The van der Waals surface area contributed by atoms with E-state index in [1.807, 2.05) is 42.5 Å². The Morgan fingerprint density at radius 1 is 0.731 bits per heavy atom. The van der Waals surface area contributed by atoms with E-state index in [-0.39, 0.29) is 4.90 Å². The quantitative estimate of drug-likeness (QED) is 0.526. The van der Waals surface area contributed by atoms with Gasteiger partial charge in [0.25, 0.3) is 0 Å². The smallest absolute Gasteiger partial charge is 0.331 e. The molecule has 0 radical (unpaired) electrons. The monoisotopic (exact) mass is 364 g/mol. The lowest BCUT2D eigenvalue weighted by Crippen LogP contribution is -2.42. The first-order chi connectivity index (χ1) is 12.6. The number of rotatable bonds is 3. The Morgan fingerprint density at radius 3 is 2.00 bits per heavy atom. The molecule has 0 amide bonds. The van der Waals surface area contributed by atoms with Crippen molar-refractivity contribution in [3.63, 3.8) is 0 Å². The average molecular weight is 364 g/mol. The summed E-state index contributed by atoms with van der Waals surface area (Å²) in [5, 5.41) is -1.33. The number of ether oxygens (including phenoxy) is 1. The lowest BCUT2D eigenvalue weighted by Gasteiger charge is -2.31. The highest BCUT2D eigenvalue weighted by Crippen LogP contribution is 2.42. The van der Waals surface area contributed by atoms with Crippen LogP contribution in [0, 0.1) is 0 Å². The summed E-state index contributed by atoms with van der Waals surface area (Å²) in [7, 11) is -3.93. The highest BCUT2D eigenvalue weighted by molar-refractivity contribution is 7.92. The number of fused-ring (bicyclic) bond motifs is 1. The number of sulfone groups is 1. The minimum Gasteiger partial charge on any atom is -0.425 e. The summed E-state index contributed by atoms with van der Waals surface area (Å²) in [4.78, 5) is 12.9. The predicted molar refractivity (Wildman–Crippen MR) is 97.8 cm³/mol. The maximum Gasteiger partial charge on any atom is 0.331 e. The fraction of sp³-hybridized carbons (Fsp3) is 0.0952. The molecule has 0 spiro atoms. The summed E-state index contributed by atoms with van der Waals surface area (Å²) in [6.45, 7) is 0. The van der Waals surface area contributed by atoms with Crippen molar-refractivity contribution in [1.29, 1.82) is 0 Å². The molecule has 26 heavy (non-hydrogen) atoms. The van der Waals surface area contributed by atoms with E-state index in [1.165, 1.54) is 12.1 Å². The van der Waals surface area contributed by atoms with E-state index in [2.05, 4.69) is 0 Å². The molecule has 5 heteroatoms. The first-order valence-electron chi connectivity index (χ1n) is 8.23. The van der Waals surface area contributed by atoms with Gasteiger partial charge in [-0.2, -0.15) is 0 Å². The summed E-state index contributed by atoms with van der Waals surface area (Å²) >= 11 is 0. The van der Waals surface area contributed by atoms with Crippen molar-refractivity contribution in [1.82, 2.24) is 0 Å². The standard InChI is InChI=1S/C21H16O4S/c22-21-20(26(23,24)16-11-5-2-6-12-16)19(15-9-3-1-4-10-15)17-13-7-8-14-18(17)25-21/h1-14,19-20H. The van der Waals surface area contributed by atoms with E-state index in [4.69, 9.17) is 4.74 Å². The third-order valence-corrected chi connectivity index (χ3v) is 6.63. The first-order valence-corrected chi connectivity index (χ1v) is 9.78. The summed E-state index contributed by atoms with van der Waals surface area (Å²) in [5.41, 5.74) is 1.46. The van der Waals surface area contributed by atoms with E-state index >= 15 is 0 Å². The Labute approximate surface area is 152 Å². The number of benzene rings is 3. The van der Waals surface area contributed by atoms with E-state index in [0.717, 1.165) is 5.56 Å². The van der Waals surface area contributed by atoms with Gasteiger partial charge in [-0.25, -0.2) is 8.42 Å². The molecule has 3 aromatic carbocycles. The molecule has 0 bridgehead atoms. The number of carbonyl (C=O) groups is 1. The third kappa shape index (κ3) is 2.70. The molecule has 130 valence electrons. The van der Waals surface area contributed by atoms with Gasteiger partial charge in [-0.05, 0) is 23.8 Å². The molecule has 0 saturated heterocycles. The SMILES string of the molecule is O=C1Oc2ccccc2C(c2ccccc2)C1S(=O)(=O)c1ccccc1. The molecule has 4 nitrogen and oxygen atoms in total. The molecule has 0 N–H and O–H groups in total. The fourth-order valence-electron chi connectivity index (χ4n) is 3.37. The van der Waals surface area contributed by atoms with E-state index in [1.54, 1.807) is 30.3 Å². The van der Waals surface area contributed by atoms with E-state index in [0.29, 0.717) is 11.3 Å². The highest BCUT2D eigenvalue weighted by atomic mass is 32.2. The first kappa shape index (κ1) is 16.5. The fourth-order valence-corrected chi connectivity index (χ4v) is 5.17. The normalized spacial score (nSPS) is 19.5. The van der Waals surface area contributed by atoms with Crippen LogP contribution in [0.1, 0.15) is 17.0 Å². The molecular formula is C21H16O4S. The molecular weight excluding hydrogens is 348 g/mol. The van der Waals surface area contributed by atoms with Crippen LogP contribution in [-0.2, 0) is 14.6 Å². The third-order valence-electron chi connectivity index (χ3n) is 4.56. The Balaban J connectivity index is 1.94. The van der Waals surface area contributed by atoms with Crippen molar-refractivity contribution in [2.24, 2.45) is 0 Å². The van der Waals surface area contributed by atoms with Gasteiger partial charge in [-0.15, -0.1) is 0 Å². The second-order valence-electron chi connectivity index (χ2n) is 6.13. The highest BCUT2D eigenvalue weighted by Gasteiger charge is 2.47. The zero-order valence-corrected chi connectivity index (χ0v) is 14.6. The number of hydrogen-bond acceptors (Lipinski definition) is 4. The average Bonchev–Trinajstić information content (AvgIpc) is 2.68. The summed E-state index contributed by atoms with van der Waals surface area (Å²) in [6, 6.07) is 24.3. The van der Waals surface area contributed by atoms with Crippen LogP contribution in [-0.4, -0.2) is 19.6 Å². The molecule has 0 aromatic heterocycles. The van der Waals surface area contributed by atoms with E-state index in [9.17, 15) is 13.2 Å². The number of hydrogen-bond donors (Lipinski definition) is 0. The van der Waals surface area contributed by atoms with Crippen LogP contribution in [0.5, 0.6) is 5.75 Å². The van der Waals surface area contributed by atoms with Crippen LogP contribution in [0.3, 0.4) is 0 Å². The lowest BCUT2D eigenvalue weighted by atomic mass is 9.86. The zero-order chi connectivity index (χ0) is 18.1. The summed E-state index contributed by atoms with van der Waals surface area (Å²) < 4.78 is 32.0. The molecule has 1 heterocycles. The summed E-state index contributed by atoms with van der Waals surface area (Å²) in [5.74, 6) is -0.967. The van der Waals surface area contributed by atoms with Crippen molar-refractivity contribution < 1.29 is 17.9 Å². The van der Waals surface area contributed by atoms with Gasteiger partial charge in [-0.3, -0.25) is 4.79 Å². The van der Waals surface area contributed by atoms with Gasteiger partial charge in [-0.1, -0.05) is 66.7 Å². The van der Waals surface area contributed by atoms with Crippen LogP contribution in [0.15, 0.2) is 89.8 Å². The molecule has 0 aliphatic carbocycles. The molecule has 0 saturated carbocycles.